The number of piperidine rings is 1. The van der Waals surface area contributed by atoms with Crippen molar-refractivity contribution < 1.29 is 4.79 Å². The molecule has 0 bridgehead atoms. The third-order valence-corrected chi connectivity index (χ3v) is 4.63. The number of aromatic nitrogens is 3. The molecule has 112 valence electrons. The van der Waals surface area contributed by atoms with Gasteiger partial charge in [-0.25, -0.2) is 9.67 Å². The van der Waals surface area contributed by atoms with Crippen LogP contribution < -0.4 is 0 Å². The van der Waals surface area contributed by atoms with Crippen molar-refractivity contribution in [1.29, 1.82) is 0 Å². The molecule has 0 spiro atoms. The number of carbonyl (C=O) groups excluding carboxylic acids is 1. The molecule has 6 heteroatoms. The molecule has 2 unspecified atom stereocenters. The maximum absolute atomic E-state index is 12.4. The summed E-state index contributed by atoms with van der Waals surface area (Å²) in [5.41, 5.74) is 0. The van der Waals surface area contributed by atoms with E-state index in [9.17, 15) is 4.79 Å². The van der Waals surface area contributed by atoms with E-state index in [0.717, 1.165) is 43.3 Å². The minimum Gasteiger partial charge on any atom is -0.340 e. The van der Waals surface area contributed by atoms with Gasteiger partial charge in [0.25, 0.3) is 0 Å². The zero-order valence-corrected chi connectivity index (χ0v) is 13.6. The molecule has 1 aromatic heterocycles. The Bertz CT molecular complexity index is 474. The van der Waals surface area contributed by atoms with E-state index in [2.05, 4.69) is 10.1 Å². The number of nitrogens with zero attached hydrogens (tertiary/aromatic N) is 4. The van der Waals surface area contributed by atoms with E-state index < -0.39 is 0 Å². The lowest BCUT2D eigenvalue weighted by Crippen LogP contribution is -2.43. The van der Waals surface area contributed by atoms with Crippen LogP contribution in [0.3, 0.4) is 0 Å². The summed E-state index contributed by atoms with van der Waals surface area (Å²) in [6, 6.07) is 0.273. The number of aryl methyl sites for hydroxylation is 2. The van der Waals surface area contributed by atoms with E-state index in [1.807, 2.05) is 36.6 Å². The summed E-state index contributed by atoms with van der Waals surface area (Å²) in [4.78, 5) is 18.8. The van der Waals surface area contributed by atoms with Gasteiger partial charge in [-0.2, -0.15) is 16.9 Å². The number of thioether (sulfide) groups is 1. The lowest BCUT2D eigenvalue weighted by atomic mass is 10.0. The molecule has 0 saturated carbocycles. The van der Waals surface area contributed by atoms with Crippen LogP contribution in [0.2, 0.25) is 0 Å². The smallest absolute Gasteiger partial charge is 0.226 e. The van der Waals surface area contributed by atoms with Gasteiger partial charge in [0.05, 0.1) is 6.04 Å². The number of rotatable bonds is 4. The summed E-state index contributed by atoms with van der Waals surface area (Å²) < 4.78 is 1.99. The van der Waals surface area contributed by atoms with Crippen molar-refractivity contribution >= 4 is 17.7 Å². The maximum atomic E-state index is 12.4. The SMILES string of the molecule is CSCC(C)C(=O)N1CCCC(n2nc(C)nc2C)C1. The summed E-state index contributed by atoms with van der Waals surface area (Å²) in [5, 5.41) is 4.47. The van der Waals surface area contributed by atoms with Gasteiger partial charge < -0.3 is 4.90 Å². The zero-order valence-electron chi connectivity index (χ0n) is 12.8. The van der Waals surface area contributed by atoms with Crippen molar-refractivity contribution in [1.82, 2.24) is 19.7 Å². The summed E-state index contributed by atoms with van der Waals surface area (Å²) in [6.45, 7) is 7.56. The fourth-order valence-corrected chi connectivity index (χ4v) is 3.51. The van der Waals surface area contributed by atoms with Crippen LogP contribution in [0.1, 0.15) is 37.5 Å². The summed E-state index contributed by atoms with van der Waals surface area (Å²) in [5.74, 6) is 3.02. The number of amides is 1. The Balaban J connectivity index is 2.05. The second-order valence-electron chi connectivity index (χ2n) is 5.59. The van der Waals surface area contributed by atoms with E-state index >= 15 is 0 Å². The van der Waals surface area contributed by atoms with Crippen LogP contribution in [0.25, 0.3) is 0 Å². The number of carbonyl (C=O) groups is 1. The number of hydrogen-bond donors (Lipinski definition) is 0. The fourth-order valence-electron chi connectivity index (χ4n) is 2.87. The van der Waals surface area contributed by atoms with Gasteiger partial charge >= 0.3 is 0 Å². The average molecular weight is 296 g/mol. The molecule has 1 saturated heterocycles. The lowest BCUT2D eigenvalue weighted by Gasteiger charge is -2.34. The molecule has 5 nitrogen and oxygen atoms in total. The highest BCUT2D eigenvalue weighted by molar-refractivity contribution is 7.98. The van der Waals surface area contributed by atoms with E-state index in [1.165, 1.54) is 0 Å². The predicted octanol–water partition coefficient (Wildman–Crippen LogP) is 2.06. The molecule has 0 N–H and O–H groups in total. The molecular weight excluding hydrogens is 272 g/mol. The van der Waals surface area contributed by atoms with Crippen molar-refractivity contribution in [3.05, 3.63) is 11.6 Å². The first-order valence-electron chi connectivity index (χ1n) is 7.20. The Kier molecular flexibility index (Phi) is 5.07. The highest BCUT2D eigenvalue weighted by Crippen LogP contribution is 2.23. The Hall–Kier alpha value is -1.04. The summed E-state index contributed by atoms with van der Waals surface area (Å²) >= 11 is 1.73. The predicted molar refractivity (Wildman–Crippen MR) is 81.9 cm³/mol. The molecule has 1 fully saturated rings. The fraction of sp³-hybridized carbons (Fsp3) is 0.786. The summed E-state index contributed by atoms with van der Waals surface area (Å²) in [7, 11) is 0. The van der Waals surface area contributed by atoms with Crippen molar-refractivity contribution in [2.24, 2.45) is 5.92 Å². The third-order valence-electron chi connectivity index (χ3n) is 3.80. The highest BCUT2D eigenvalue weighted by Gasteiger charge is 2.28. The van der Waals surface area contributed by atoms with E-state index in [0.29, 0.717) is 0 Å². The molecule has 1 aromatic rings. The van der Waals surface area contributed by atoms with Crippen LogP contribution in [0.15, 0.2) is 0 Å². The van der Waals surface area contributed by atoms with Gasteiger partial charge in [-0.05, 0) is 32.9 Å². The highest BCUT2D eigenvalue weighted by atomic mass is 32.2. The molecule has 2 atom stereocenters. The van der Waals surface area contributed by atoms with Crippen LogP contribution in [0.4, 0.5) is 0 Å². The van der Waals surface area contributed by atoms with Gasteiger partial charge in [0, 0.05) is 24.8 Å². The molecule has 2 rings (SSSR count). The van der Waals surface area contributed by atoms with Crippen LogP contribution in [0, 0.1) is 19.8 Å². The molecule has 1 aliphatic heterocycles. The molecule has 0 radical (unpaired) electrons. The monoisotopic (exact) mass is 296 g/mol. The van der Waals surface area contributed by atoms with Gasteiger partial charge in [-0.15, -0.1) is 0 Å². The normalized spacial score (nSPS) is 21.0. The van der Waals surface area contributed by atoms with Crippen molar-refractivity contribution in [2.45, 2.75) is 39.7 Å². The topological polar surface area (TPSA) is 51.0 Å². The Morgan fingerprint density at radius 1 is 1.50 bits per heavy atom. The van der Waals surface area contributed by atoms with Crippen molar-refractivity contribution in [2.75, 3.05) is 25.1 Å². The number of hydrogen-bond acceptors (Lipinski definition) is 4. The first-order valence-corrected chi connectivity index (χ1v) is 8.59. The summed E-state index contributed by atoms with van der Waals surface area (Å²) in [6.07, 6.45) is 4.16. The Labute approximate surface area is 125 Å². The molecule has 0 aliphatic carbocycles. The van der Waals surface area contributed by atoms with Crippen LogP contribution in [-0.2, 0) is 4.79 Å². The van der Waals surface area contributed by atoms with E-state index in [-0.39, 0.29) is 17.9 Å². The first kappa shape index (κ1) is 15.4. The first-order chi connectivity index (χ1) is 9.52. The van der Waals surface area contributed by atoms with Crippen LogP contribution in [0.5, 0.6) is 0 Å². The molecule has 0 aromatic carbocycles. The van der Waals surface area contributed by atoms with E-state index in [4.69, 9.17) is 0 Å². The van der Waals surface area contributed by atoms with Crippen molar-refractivity contribution in [3.63, 3.8) is 0 Å². The Morgan fingerprint density at radius 3 is 2.85 bits per heavy atom. The minimum absolute atomic E-state index is 0.0994. The zero-order chi connectivity index (χ0) is 14.7. The minimum atomic E-state index is 0.0994. The quantitative estimate of drug-likeness (QED) is 0.853. The van der Waals surface area contributed by atoms with E-state index in [1.54, 1.807) is 11.8 Å². The van der Waals surface area contributed by atoms with Gasteiger partial charge in [-0.3, -0.25) is 4.79 Å². The Morgan fingerprint density at radius 2 is 2.25 bits per heavy atom. The lowest BCUT2D eigenvalue weighted by molar-refractivity contribution is -0.136. The average Bonchev–Trinajstić information content (AvgIpc) is 2.77. The van der Waals surface area contributed by atoms with Gasteiger partial charge in [0.1, 0.15) is 11.6 Å². The second kappa shape index (κ2) is 6.61. The van der Waals surface area contributed by atoms with Gasteiger partial charge in [-0.1, -0.05) is 6.92 Å². The van der Waals surface area contributed by atoms with Crippen LogP contribution >= 0.6 is 11.8 Å². The largest absolute Gasteiger partial charge is 0.340 e. The second-order valence-corrected chi connectivity index (χ2v) is 6.50. The van der Waals surface area contributed by atoms with Gasteiger partial charge in [0.15, 0.2) is 0 Å². The molecular formula is C14H24N4OS. The molecule has 1 aliphatic rings. The van der Waals surface area contributed by atoms with Crippen molar-refractivity contribution in [3.8, 4) is 0 Å². The molecule has 2 heterocycles. The van der Waals surface area contributed by atoms with Crippen LogP contribution in [-0.4, -0.2) is 50.7 Å². The maximum Gasteiger partial charge on any atom is 0.226 e. The molecule has 20 heavy (non-hydrogen) atoms. The van der Waals surface area contributed by atoms with Gasteiger partial charge in [0.2, 0.25) is 5.91 Å². The standard InChI is InChI=1S/C14H24N4OS/c1-10(9-20-4)14(19)17-7-5-6-13(8-17)18-12(3)15-11(2)16-18/h10,13H,5-9H2,1-4H3. The third kappa shape index (κ3) is 3.34. The molecule has 1 amide bonds. The number of likely N-dealkylation sites (tertiary alicyclic amines) is 1.